The van der Waals surface area contributed by atoms with Crippen LogP contribution in [-0.2, 0) is 0 Å². The highest BCUT2D eigenvalue weighted by molar-refractivity contribution is 6.09. The summed E-state index contributed by atoms with van der Waals surface area (Å²) >= 11 is 0. The molecule has 0 N–H and O–H groups in total. The van der Waals surface area contributed by atoms with E-state index in [1.807, 2.05) is 0 Å². The average Bonchev–Trinajstić information content (AvgIpc) is 3.67. The second kappa shape index (κ2) is 15.1. The highest BCUT2D eigenvalue weighted by Crippen LogP contribution is 2.40. The minimum absolute atomic E-state index is 1.10. The van der Waals surface area contributed by atoms with Gasteiger partial charge in [0.1, 0.15) is 0 Å². The molecule has 0 aliphatic rings. The third kappa shape index (κ3) is 6.32. The molecule has 1 heterocycles. The van der Waals surface area contributed by atoms with Crippen molar-refractivity contribution in [1.82, 2.24) is 4.57 Å². The van der Waals surface area contributed by atoms with Gasteiger partial charge in [0, 0.05) is 33.5 Å². The van der Waals surface area contributed by atoms with Crippen LogP contribution in [0.25, 0.3) is 82.8 Å². The number of nitrogens with zero attached hydrogens (tertiary/aromatic N) is 2. The monoisotopic (exact) mass is 764 g/mol. The maximum Gasteiger partial charge on any atom is 0.0541 e. The Balaban J connectivity index is 0.891. The van der Waals surface area contributed by atoms with Crippen LogP contribution in [0.4, 0.5) is 17.1 Å². The molecule has 10 aromatic carbocycles. The Morgan fingerprint density at radius 1 is 0.283 bits per heavy atom. The number of rotatable bonds is 8. The molecule has 11 aromatic rings. The molecule has 0 fully saturated rings. The van der Waals surface area contributed by atoms with E-state index in [0.717, 1.165) is 22.7 Å². The summed E-state index contributed by atoms with van der Waals surface area (Å²) in [4.78, 5) is 2.33. The third-order valence-corrected chi connectivity index (χ3v) is 11.8. The molecule has 0 amide bonds. The lowest BCUT2D eigenvalue weighted by Gasteiger charge is -2.26. The molecule has 2 nitrogen and oxygen atoms in total. The van der Waals surface area contributed by atoms with Crippen molar-refractivity contribution in [2.45, 2.75) is 0 Å². The van der Waals surface area contributed by atoms with Crippen LogP contribution in [0.2, 0.25) is 0 Å². The zero-order valence-corrected chi connectivity index (χ0v) is 33.0. The first-order valence-corrected chi connectivity index (χ1v) is 20.6. The highest BCUT2D eigenvalue weighted by atomic mass is 15.1. The van der Waals surface area contributed by atoms with Gasteiger partial charge in [-0.1, -0.05) is 182 Å². The lowest BCUT2D eigenvalue weighted by molar-refractivity contribution is 1.18. The van der Waals surface area contributed by atoms with Gasteiger partial charge in [0.25, 0.3) is 0 Å². The molecule has 0 atom stereocenters. The van der Waals surface area contributed by atoms with Crippen LogP contribution in [0.15, 0.2) is 243 Å². The molecule has 2 heteroatoms. The van der Waals surface area contributed by atoms with Crippen molar-refractivity contribution in [3.05, 3.63) is 243 Å². The first-order chi connectivity index (χ1) is 29.8. The summed E-state index contributed by atoms with van der Waals surface area (Å²) in [5.74, 6) is 0. The molecular weight excluding hydrogens is 725 g/mol. The number of hydrogen-bond acceptors (Lipinski definition) is 1. The smallest absolute Gasteiger partial charge is 0.0541 e. The molecule has 0 bridgehead atoms. The highest BCUT2D eigenvalue weighted by Gasteiger charge is 2.16. The maximum atomic E-state index is 2.38. The SMILES string of the molecule is c1ccc(-c2cccc3cccc(-c4ccc(N(c5ccccc5)c5ccc(-c6ccc(-c7cccc(-n8c9ccccc9c9ccccc98)c7)cc6)cc5)cc4)c23)cc1. The molecule has 0 saturated heterocycles. The standard InChI is InChI=1S/C58H40N2/c1-3-14-44(15-4-1)52-24-12-16-46-17-13-25-53(58(46)52)45-34-38-50(39-35-45)59(48-19-5-2-6-20-48)49-36-32-42(33-37-49)41-28-30-43(31-29-41)47-18-11-21-51(40-47)60-56-26-9-7-22-54(56)55-23-8-10-27-57(55)60/h1-40H. The van der Waals surface area contributed by atoms with Gasteiger partial charge >= 0.3 is 0 Å². The van der Waals surface area contributed by atoms with Gasteiger partial charge in [0.2, 0.25) is 0 Å². The van der Waals surface area contributed by atoms with Gasteiger partial charge in [0.15, 0.2) is 0 Å². The van der Waals surface area contributed by atoms with Crippen LogP contribution >= 0.6 is 0 Å². The van der Waals surface area contributed by atoms with Gasteiger partial charge in [-0.2, -0.15) is 0 Å². The zero-order valence-electron chi connectivity index (χ0n) is 33.0. The van der Waals surface area contributed by atoms with Gasteiger partial charge in [-0.15, -0.1) is 0 Å². The Kier molecular flexibility index (Phi) is 8.87. The zero-order chi connectivity index (χ0) is 39.8. The van der Waals surface area contributed by atoms with E-state index < -0.39 is 0 Å². The Hall–Kier alpha value is -7.94. The van der Waals surface area contributed by atoms with E-state index in [9.17, 15) is 0 Å². The number of aromatic nitrogens is 1. The van der Waals surface area contributed by atoms with Gasteiger partial charge in [-0.3, -0.25) is 0 Å². The number of anilines is 3. The lowest BCUT2D eigenvalue weighted by atomic mass is 9.91. The molecule has 0 radical (unpaired) electrons. The van der Waals surface area contributed by atoms with Gasteiger partial charge in [0.05, 0.1) is 11.0 Å². The number of benzene rings is 10. The Bertz CT molecular complexity index is 3210. The Morgan fingerprint density at radius 2 is 0.700 bits per heavy atom. The van der Waals surface area contributed by atoms with Crippen molar-refractivity contribution in [3.8, 4) is 50.2 Å². The Morgan fingerprint density at radius 3 is 1.28 bits per heavy atom. The fraction of sp³-hybridized carbons (Fsp3) is 0. The van der Waals surface area contributed by atoms with Crippen LogP contribution in [-0.4, -0.2) is 4.57 Å². The van der Waals surface area contributed by atoms with E-state index in [-0.39, 0.29) is 0 Å². The van der Waals surface area contributed by atoms with Crippen molar-refractivity contribution in [2.75, 3.05) is 4.90 Å². The number of hydrogen-bond donors (Lipinski definition) is 0. The predicted octanol–water partition coefficient (Wildman–Crippen LogP) is 16.1. The molecule has 282 valence electrons. The summed E-state index contributed by atoms with van der Waals surface area (Å²) in [6.45, 7) is 0. The van der Waals surface area contributed by atoms with Crippen molar-refractivity contribution < 1.29 is 0 Å². The van der Waals surface area contributed by atoms with E-state index in [4.69, 9.17) is 0 Å². The van der Waals surface area contributed by atoms with Crippen molar-refractivity contribution in [1.29, 1.82) is 0 Å². The van der Waals surface area contributed by atoms with E-state index in [2.05, 4.69) is 252 Å². The topological polar surface area (TPSA) is 8.17 Å². The number of para-hydroxylation sites is 3. The van der Waals surface area contributed by atoms with E-state index in [1.54, 1.807) is 0 Å². The molecule has 60 heavy (non-hydrogen) atoms. The quantitative estimate of drug-likeness (QED) is 0.150. The first-order valence-electron chi connectivity index (χ1n) is 20.6. The summed E-state index contributed by atoms with van der Waals surface area (Å²) in [7, 11) is 0. The average molecular weight is 765 g/mol. The van der Waals surface area contributed by atoms with Crippen LogP contribution in [0.1, 0.15) is 0 Å². The molecule has 0 saturated carbocycles. The maximum absolute atomic E-state index is 2.38. The van der Waals surface area contributed by atoms with Crippen LogP contribution in [0.3, 0.4) is 0 Å². The molecule has 0 aliphatic carbocycles. The van der Waals surface area contributed by atoms with Crippen molar-refractivity contribution in [3.63, 3.8) is 0 Å². The van der Waals surface area contributed by atoms with Gasteiger partial charge in [-0.25, -0.2) is 0 Å². The van der Waals surface area contributed by atoms with Crippen LogP contribution in [0, 0.1) is 0 Å². The van der Waals surface area contributed by atoms with Crippen molar-refractivity contribution >= 4 is 49.6 Å². The summed E-state index contributed by atoms with van der Waals surface area (Å²) in [6, 6.07) is 87.7. The van der Waals surface area contributed by atoms with Crippen molar-refractivity contribution in [2.24, 2.45) is 0 Å². The van der Waals surface area contributed by atoms with Crippen LogP contribution < -0.4 is 4.90 Å². The largest absolute Gasteiger partial charge is 0.311 e. The fourth-order valence-corrected chi connectivity index (χ4v) is 8.94. The third-order valence-electron chi connectivity index (χ3n) is 11.8. The normalized spacial score (nSPS) is 11.3. The molecule has 0 unspecified atom stereocenters. The summed E-state index contributed by atoms with van der Waals surface area (Å²) < 4.78 is 2.38. The van der Waals surface area contributed by atoms with E-state index in [1.165, 1.54) is 77.1 Å². The predicted molar refractivity (Wildman–Crippen MR) is 255 cm³/mol. The first kappa shape index (κ1) is 35.2. The Labute approximate surface area is 350 Å². The molecule has 1 aromatic heterocycles. The molecule has 0 aliphatic heterocycles. The summed E-state index contributed by atoms with van der Waals surface area (Å²) in [5.41, 5.74) is 16.6. The minimum atomic E-state index is 1.10. The summed E-state index contributed by atoms with van der Waals surface area (Å²) in [5, 5.41) is 5.06. The van der Waals surface area contributed by atoms with Crippen LogP contribution in [0.5, 0.6) is 0 Å². The molecule has 11 rings (SSSR count). The van der Waals surface area contributed by atoms with E-state index in [0.29, 0.717) is 0 Å². The number of fused-ring (bicyclic) bond motifs is 4. The summed E-state index contributed by atoms with van der Waals surface area (Å²) in [6.07, 6.45) is 0. The molecular formula is C58H40N2. The lowest BCUT2D eigenvalue weighted by Crippen LogP contribution is -2.09. The van der Waals surface area contributed by atoms with Gasteiger partial charge < -0.3 is 9.47 Å². The fourth-order valence-electron chi connectivity index (χ4n) is 8.94. The second-order valence-electron chi connectivity index (χ2n) is 15.3. The second-order valence-corrected chi connectivity index (χ2v) is 15.3. The molecule has 0 spiro atoms. The minimum Gasteiger partial charge on any atom is -0.311 e. The van der Waals surface area contributed by atoms with Gasteiger partial charge in [-0.05, 0) is 116 Å². The van der Waals surface area contributed by atoms with E-state index >= 15 is 0 Å².